The fourth-order valence-electron chi connectivity index (χ4n) is 0.998. The summed E-state index contributed by atoms with van der Waals surface area (Å²) in [6.07, 6.45) is -4.48. The van der Waals surface area contributed by atoms with Crippen LogP contribution in [0.3, 0.4) is 0 Å². The average Bonchev–Trinajstić information content (AvgIpc) is 2.12. The van der Waals surface area contributed by atoms with E-state index in [1.807, 2.05) is 0 Å². The molecule has 0 atom stereocenters. The number of rotatable bonds is 3. The summed E-state index contributed by atoms with van der Waals surface area (Å²) >= 11 is 5.47. The Morgan fingerprint density at radius 1 is 1.40 bits per heavy atom. The Hall–Kier alpha value is -0.810. The van der Waals surface area contributed by atoms with Crippen molar-refractivity contribution >= 4 is 11.6 Å². The van der Waals surface area contributed by atoms with Gasteiger partial charge in [0.15, 0.2) is 0 Å². The molecule has 1 heterocycles. The second-order valence-corrected chi connectivity index (χ2v) is 3.21. The van der Waals surface area contributed by atoms with Crippen molar-refractivity contribution in [2.75, 3.05) is 6.61 Å². The zero-order valence-electron chi connectivity index (χ0n) is 7.94. The summed E-state index contributed by atoms with van der Waals surface area (Å²) in [6, 6.07) is 2.29. The molecule has 2 nitrogen and oxygen atoms in total. The fourth-order valence-corrected chi connectivity index (χ4v) is 1.23. The van der Waals surface area contributed by atoms with Crippen molar-refractivity contribution in [3.05, 3.63) is 28.5 Å². The van der Waals surface area contributed by atoms with Crippen molar-refractivity contribution < 1.29 is 17.9 Å². The van der Waals surface area contributed by atoms with Crippen LogP contribution in [0.25, 0.3) is 0 Å². The third-order valence-corrected chi connectivity index (χ3v) is 1.81. The lowest BCUT2D eigenvalue weighted by Crippen LogP contribution is -2.09. The summed E-state index contributed by atoms with van der Waals surface area (Å²) in [6.45, 7) is 2.29. The first-order valence-electron chi connectivity index (χ1n) is 4.25. The van der Waals surface area contributed by atoms with E-state index in [1.165, 1.54) is 6.07 Å². The Balaban J connectivity index is 2.95. The number of halogens is 4. The minimum Gasteiger partial charge on any atom is -0.377 e. The largest absolute Gasteiger partial charge is 0.433 e. The van der Waals surface area contributed by atoms with E-state index in [-0.39, 0.29) is 11.8 Å². The third-order valence-electron chi connectivity index (χ3n) is 1.62. The van der Waals surface area contributed by atoms with Gasteiger partial charge in [0.1, 0.15) is 10.8 Å². The second kappa shape index (κ2) is 4.81. The molecule has 0 saturated heterocycles. The van der Waals surface area contributed by atoms with E-state index in [2.05, 4.69) is 4.98 Å². The normalized spacial score (nSPS) is 11.8. The van der Waals surface area contributed by atoms with Gasteiger partial charge >= 0.3 is 6.18 Å². The van der Waals surface area contributed by atoms with Crippen LogP contribution in [0.1, 0.15) is 18.2 Å². The summed E-state index contributed by atoms with van der Waals surface area (Å²) in [5.74, 6) is 0. The highest BCUT2D eigenvalue weighted by atomic mass is 35.5. The maximum atomic E-state index is 12.3. The van der Waals surface area contributed by atoms with Crippen LogP contribution in [0.5, 0.6) is 0 Å². The first kappa shape index (κ1) is 12.3. The van der Waals surface area contributed by atoms with Crippen LogP contribution in [-0.2, 0) is 17.5 Å². The molecule has 0 N–H and O–H groups in total. The van der Waals surface area contributed by atoms with Gasteiger partial charge in [-0.25, -0.2) is 4.98 Å². The van der Waals surface area contributed by atoms with Crippen LogP contribution in [-0.4, -0.2) is 11.6 Å². The lowest BCUT2D eigenvalue weighted by molar-refractivity contribution is -0.141. The monoisotopic (exact) mass is 239 g/mol. The molecule has 1 aromatic heterocycles. The van der Waals surface area contributed by atoms with E-state index in [0.29, 0.717) is 12.2 Å². The Morgan fingerprint density at radius 2 is 2.07 bits per heavy atom. The molecule has 0 radical (unpaired) electrons. The van der Waals surface area contributed by atoms with E-state index in [0.717, 1.165) is 6.07 Å². The maximum Gasteiger partial charge on any atom is 0.433 e. The lowest BCUT2D eigenvalue weighted by atomic mass is 10.2. The summed E-state index contributed by atoms with van der Waals surface area (Å²) in [5, 5.41) is -0.181. The van der Waals surface area contributed by atoms with Crippen molar-refractivity contribution in [2.24, 2.45) is 0 Å². The number of pyridine rings is 1. The summed E-state index contributed by atoms with van der Waals surface area (Å²) in [5.41, 5.74) is -0.631. The number of hydrogen-bond donors (Lipinski definition) is 0. The molecule has 1 rings (SSSR count). The number of hydrogen-bond acceptors (Lipinski definition) is 2. The molecule has 0 spiro atoms. The molecule has 0 fully saturated rings. The molecule has 0 aliphatic carbocycles. The van der Waals surface area contributed by atoms with Crippen molar-refractivity contribution in [2.45, 2.75) is 19.7 Å². The smallest absolute Gasteiger partial charge is 0.377 e. The second-order valence-electron chi connectivity index (χ2n) is 2.82. The molecule has 0 unspecified atom stereocenters. The molecule has 84 valence electrons. The Morgan fingerprint density at radius 3 is 2.60 bits per heavy atom. The van der Waals surface area contributed by atoms with Gasteiger partial charge in [-0.15, -0.1) is 0 Å². The van der Waals surface area contributed by atoms with E-state index in [1.54, 1.807) is 6.92 Å². The molecule has 0 aliphatic rings. The van der Waals surface area contributed by atoms with Crippen LogP contribution >= 0.6 is 11.6 Å². The van der Waals surface area contributed by atoms with Crippen LogP contribution in [0.15, 0.2) is 12.1 Å². The van der Waals surface area contributed by atoms with Gasteiger partial charge in [-0.05, 0) is 24.6 Å². The first-order valence-corrected chi connectivity index (χ1v) is 4.62. The van der Waals surface area contributed by atoms with Crippen LogP contribution in [0.2, 0.25) is 5.15 Å². The van der Waals surface area contributed by atoms with Crippen LogP contribution in [0.4, 0.5) is 13.2 Å². The molecule has 0 aromatic carbocycles. The maximum absolute atomic E-state index is 12.3. The number of alkyl halides is 3. The average molecular weight is 240 g/mol. The lowest BCUT2D eigenvalue weighted by Gasteiger charge is -2.08. The minimum absolute atomic E-state index is 0.0990. The van der Waals surface area contributed by atoms with Gasteiger partial charge in [0.2, 0.25) is 0 Å². The summed E-state index contributed by atoms with van der Waals surface area (Å²) in [7, 11) is 0. The van der Waals surface area contributed by atoms with E-state index < -0.39 is 11.9 Å². The SMILES string of the molecule is CCOCc1cc(Cl)nc(C(F)(F)F)c1. The molecule has 0 saturated carbocycles. The Labute approximate surface area is 90.0 Å². The predicted octanol–water partition coefficient (Wildman–Crippen LogP) is 3.29. The standard InChI is InChI=1S/C9H9ClF3NO/c1-2-15-5-6-3-7(9(11,12)13)14-8(10)4-6/h3-4H,2,5H2,1H3. The van der Waals surface area contributed by atoms with Gasteiger partial charge in [-0.2, -0.15) is 13.2 Å². The Kier molecular flexibility index (Phi) is 3.93. The van der Waals surface area contributed by atoms with Gasteiger partial charge < -0.3 is 4.74 Å². The van der Waals surface area contributed by atoms with Gasteiger partial charge in [0.25, 0.3) is 0 Å². The molecule has 6 heteroatoms. The zero-order valence-corrected chi connectivity index (χ0v) is 8.69. The zero-order chi connectivity index (χ0) is 11.5. The first-order chi connectivity index (χ1) is 6.93. The molecule has 1 aromatic rings. The predicted molar refractivity (Wildman–Crippen MR) is 49.6 cm³/mol. The Bertz CT molecular complexity index is 341. The quantitative estimate of drug-likeness (QED) is 0.755. The highest BCUT2D eigenvalue weighted by Gasteiger charge is 2.33. The van der Waals surface area contributed by atoms with Crippen molar-refractivity contribution in [3.63, 3.8) is 0 Å². The van der Waals surface area contributed by atoms with Crippen molar-refractivity contribution in [1.29, 1.82) is 0 Å². The molecular weight excluding hydrogens is 231 g/mol. The van der Waals surface area contributed by atoms with E-state index in [4.69, 9.17) is 16.3 Å². The molecule has 15 heavy (non-hydrogen) atoms. The van der Waals surface area contributed by atoms with Crippen molar-refractivity contribution in [3.8, 4) is 0 Å². The number of nitrogens with zero attached hydrogens (tertiary/aromatic N) is 1. The number of aromatic nitrogens is 1. The molecule has 0 bridgehead atoms. The van der Waals surface area contributed by atoms with Crippen LogP contribution in [0, 0.1) is 0 Å². The van der Waals surface area contributed by atoms with Gasteiger partial charge in [0, 0.05) is 6.61 Å². The highest BCUT2D eigenvalue weighted by Crippen LogP contribution is 2.29. The molecule has 0 amide bonds. The summed E-state index contributed by atoms with van der Waals surface area (Å²) < 4.78 is 41.9. The van der Waals surface area contributed by atoms with Gasteiger partial charge in [-0.1, -0.05) is 11.6 Å². The minimum atomic E-state index is -4.48. The van der Waals surface area contributed by atoms with E-state index >= 15 is 0 Å². The van der Waals surface area contributed by atoms with Crippen LogP contribution < -0.4 is 0 Å². The fraction of sp³-hybridized carbons (Fsp3) is 0.444. The summed E-state index contributed by atoms with van der Waals surface area (Å²) in [4.78, 5) is 3.20. The molecule has 0 aliphatic heterocycles. The highest BCUT2D eigenvalue weighted by molar-refractivity contribution is 6.29. The topological polar surface area (TPSA) is 22.1 Å². The van der Waals surface area contributed by atoms with Gasteiger partial charge in [0.05, 0.1) is 6.61 Å². The van der Waals surface area contributed by atoms with Crippen molar-refractivity contribution in [1.82, 2.24) is 4.98 Å². The van der Waals surface area contributed by atoms with Gasteiger partial charge in [-0.3, -0.25) is 0 Å². The third kappa shape index (κ3) is 3.68. The van der Waals surface area contributed by atoms with E-state index in [9.17, 15) is 13.2 Å². The number of ether oxygens (including phenoxy) is 1. The molecular formula is C9H9ClF3NO.